The van der Waals surface area contributed by atoms with E-state index >= 15 is 0 Å². The summed E-state index contributed by atoms with van der Waals surface area (Å²) in [6, 6.07) is 5.85. The van der Waals surface area contributed by atoms with Crippen LogP contribution in [0.25, 0.3) is 11.0 Å². The average molecular weight is 287 g/mol. The number of benzene rings is 1. The Hall–Kier alpha value is -2.30. The zero-order valence-corrected chi connectivity index (χ0v) is 11.8. The van der Waals surface area contributed by atoms with E-state index in [1.165, 1.54) is 0 Å². The van der Waals surface area contributed by atoms with Crippen molar-refractivity contribution < 1.29 is 19.1 Å². The molecule has 2 aromatic rings. The molecule has 1 aliphatic carbocycles. The summed E-state index contributed by atoms with van der Waals surface area (Å²) in [7, 11) is 0. The van der Waals surface area contributed by atoms with Crippen molar-refractivity contribution in [2.45, 2.75) is 26.2 Å². The summed E-state index contributed by atoms with van der Waals surface area (Å²) >= 11 is 0. The van der Waals surface area contributed by atoms with Gasteiger partial charge in [-0.15, -0.1) is 0 Å². The highest BCUT2D eigenvalue weighted by molar-refractivity contribution is 5.88. The lowest BCUT2D eigenvalue weighted by Crippen LogP contribution is -2.34. The van der Waals surface area contributed by atoms with Crippen LogP contribution in [0.5, 0.6) is 0 Å². The maximum absolute atomic E-state index is 12.0. The molecule has 1 heterocycles. The van der Waals surface area contributed by atoms with Crippen LogP contribution in [-0.2, 0) is 16.0 Å². The van der Waals surface area contributed by atoms with Crippen molar-refractivity contribution in [1.82, 2.24) is 5.32 Å². The van der Waals surface area contributed by atoms with E-state index in [1.54, 1.807) is 6.26 Å². The molecular weight excluding hydrogens is 270 g/mol. The Kier molecular flexibility index (Phi) is 3.20. The van der Waals surface area contributed by atoms with E-state index < -0.39 is 11.4 Å². The molecule has 5 heteroatoms. The fourth-order valence-corrected chi connectivity index (χ4v) is 2.45. The highest BCUT2D eigenvalue weighted by Gasteiger charge is 2.50. The molecule has 110 valence electrons. The van der Waals surface area contributed by atoms with Crippen LogP contribution < -0.4 is 5.32 Å². The van der Waals surface area contributed by atoms with Gasteiger partial charge in [-0.25, -0.2) is 0 Å². The molecule has 21 heavy (non-hydrogen) atoms. The SMILES string of the molecule is Cc1ccc2c(CC(=O)NCC3(C(=O)O)CC3)coc2c1. The average Bonchev–Trinajstić information content (AvgIpc) is 3.15. The van der Waals surface area contributed by atoms with Gasteiger partial charge in [-0.2, -0.15) is 0 Å². The monoisotopic (exact) mass is 287 g/mol. The molecule has 0 unspecified atom stereocenters. The first-order valence-corrected chi connectivity index (χ1v) is 6.97. The summed E-state index contributed by atoms with van der Waals surface area (Å²) in [6.45, 7) is 2.19. The minimum Gasteiger partial charge on any atom is -0.481 e. The number of carbonyl (C=O) groups excluding carboxylic acids is 1. The molecule has 1 saturated carbocycles. The van der Waals surface area contributed by atoms with Gasteiger partial charge in [0.05, 0.1) is 18.1 Å². The molecule has 5 nitrogen and oxygen atoms in total. The zero-order chi connectivity index (χ0) is 15.0. The normalized spacial score (nSPS) is 15.9. The number of aliphatic carboxylic acids is 1. The fourth-order valence-electron chi connectivity index (χ4n) is 2.45. The molecule has 1 aromatic carbocycles. The summed E-state index contributed by atoms with van der Waals surface area (Å²) in [4.78, 5) is 23.0. The van der Waals surface area contributed by atoms with Crippen LogP contribution in [0, 0.1) is 12.3 Å². The van der Waals surface area contributed by atoms with Crippen LogP contribution in [-0.4, -0.2) is 23.5 Å². The molecule has 0 aliphatic heterocycles. The van der Waals surface area contributed by atoms with Crippen molar-refractivity contribution in [2.75, 3.05) is 6.54 Å². The van der Waals surface area contributed by atoms with E-state index in [9.17, 15) is 9.59 Å². The van der Waals surface area contributed by atoms with Crippen LogP contribution in [0.15, 0.2) is 28.9 Å². The van der Waals surface area contributed by atoms with Crippen molar-refractivity contribution in [2.24, 2.45) is 5.41 Å². The van der Waals surface area contributed by atoms with Gasteiger partial charge >= 0.3 is 5.97 Å². The standard InChI is InChI=1S/C16H17NO4/c1-10-2-3-12-11(8-21-13(12)6-10)7-14(18)17-9-16(4-5-16)15(19)20/h2-3,6,8H,4-5,7,9H2,1H3,(H,17,18)(H,19,20). The second-order valence-corrected chi connectivity index (χ2v) is 5.80. The number of rotatable bonds is 5. The summed E-state index contributed by atoms with van der Waals surface area (Å²) in [5.74, 6) is -1.00. The third kappa shape index (κ3) is 2.63. The summed E-state index contributed by atoms with van der Waals surface area (Å²) in [5, 5.41) is 12.7. The molecular formula is C16H17NO4. The number of carboxylic acid groups (broad SMARTS) is 1. The van der Waals surface area contributed by atoms with E-state index in [0.717, 1.165) is 22.1 Å². The van der Waals surface area contributed by atoms with Crippen LogP contribution >= 0.6 is 0 Å². The van der Waals surface area contributed by atoms with Gasteiger partial charge < -0.3 is 14.8 Å². The Morgan fingerprint density at radius 1 is 1.38 bits per heavy atom. The lowest BCUT2D eigenvalue weighted by molar-refractivity contribution is -0.143. The molecule has 0 saturated heterocycles. The number of hydrogen-bond acceptors (Lipinski definition) is 3. The molecule has 1 aliphatic rings. The largest absolute Gasteiger partial charge is 0.481 e. The highest BCUT2D eigenvalue weighted by Crippen LogP contribution is 2.45. The van der Waals surface area contributed by atoms with Crippen molar-refractivity contribution in [3.63, 3.8) is 0 Å². The van der Waals surface area contributed by atoms with Crippen molar-refractivity contribution in [1.29, 1.82) is 0 Å². The Morgan fingerprint density at radius 3 is 2.81 bits per heavy atom. The van der Waals surface area contributed by atoms with E-state index in [-0.39, 0.29) is 18.9 Å². The molecule has 1 fully saturated rings. The number of carbonyl (C=O) groups is 2. The molecule has 1 amide bonds. The first kappa shape index (κ1) is 13.7. The third-order valence-electron chi connectivity index (χ3n) is 4.09. The van der Waals surface area contributed by atoms with Gasteiger partial charge in [-0.1, -0.05) is 12.1 Å². The van der Waals surface area contributed by atoms with E-state index in [4.69, 9.17) is 9.52 Å². The van der Waals surface area contributed by atoms with Crippen molar-refractivity contribution in [3.8, 4) is 0 Å². The minimum absolute atomic E-state index is 0.175. The molecule has 1 aromatic heterocycles. The number of hydrogen-bond donors (Lipinski definition) is 2. The van der Waals surface area contributed by atoms with Gasteiger partial charge in [0, 0.05) is 17.5 Å². The molecule has 0 bridgehead atoms. The predicted molar refractivity (Wildman–Crippen MR) is 77.0 cm³/mol. The smallest absolute Gasteiger partial charge is 0.311 e. The second kappa shape index (κ2) is 4.91. The van der Waals surface area contributed by atoms with E-state index in [1.807, 2.05) is 25.1 Å². The number of nitrogens with one attached hydrogen (secondary N) is 1. The number of aryl methyl sites for hydroxylation is 1. The van der Waals surface area contributed by atoms with E-state index in [0.29, 0.717) is 12.8 Å². The molecule has 0 radical (unpaired) electrons. The van der Waals surface area contributed by atoms with Crippen LogP contribution in [0.1, 0.15) is 24.0 Å². The topological polar surface area (TPSA) is 79.5 Å². The third-order valence-corrected chi connectivity index (χ3v) is 4.09. The first-order chi connectivity index (χ1) is 10.00. The first-order valence-electron chi connectivity index (χ1n) is 6.97. The van der Waals surface area contributed by atoms with Crippen LogP contribution in [0.3, 0.4) is 0 Å². The fraction of sp³-hybridized carbons (Fsp3) is 0.375. The Bertz CT molecular complexity index is 712. The quantitative estimate of drug-likeness (QED) is 0.884. The Labute approximate surface area is 121 Å². The number of amides is 1. The zero-order valence-electron chi connectivity index (χ0n) is 11.8. The van der Waals surface area contributed by atoms with Crippen molar-refractivity contribution in [3.05, 3.63) is 35.6 Å². The summed E-state index contributed by atoms with van der Waals surface area (Å²) in [6.07, 6.45) is 3.06. The second-order valence-electron chi connectivity index (χ2n) is 5.80. The van der Waals surface area contributed by atoms with Gasteiger partial charge in [-0.05, 0) is 31.4 Å². The maximum atomic E-state index is 12.0. The highest BCUT2D eigenvalue weighted by atomic mass is 16.4. The van der Waals surface area contributed by atoms with Crippen LogP contribution in [0.4, 0.5) is 0 Å². The number of fused-ring (bicyclic) bond motifs is 1. The number of furan rings is 1. The van der Waals surface area contributed by atoms with Gasteiger partial charge in [0.1, 0.15) is 5.58 Å². The molecule has 2 N–H and O–H groups in total. The lowest BCUT2D eigenvalue weighted by atomic mass is 10.1. The molecule has 0 spiro atoms. The Morgan fingerprint density at radius 2 is 2.14 bits per heavy atom. The Balaban J connectivity index is 1.65. The van der Waals surface area contributed by atoms with Crippen molar-refractivity contribution >= 4 is 22.8 Å². The predicted octanol–water partition coefficient (Wildman–Crippen LogP) is 2.26. The van der Waals surface area contributed by atoms with Gasteiger partial charge in [0.15, 0.2) is 0 Å². The maximum Gasteiger partial charge on any atom is 0.311 e. The van der Waals surface area contributed by atoms with Gasteiger partial charge in [0.25, 0.3) is 0 Å². The van der Waals surface area contributed by atoms with Gasteiger partial charge in [-0.3, -0.25) is 9.59 Å². The number of carboxylic acids is 1. The summed E-state index contributed by atoms with van der Waals surface area (Å²) < 4.78 is 5.45. The molecule has 0 atom stereocenters. The van der Waals surface area contributed by atoms with Crippen LogP contribution in [0.2, 0.25) is 0 Å². The van der Waals surface area contributed by atoms with Gasteiger partial charge in [0.2, 0.25) is 5.91 Å². The lowest BCUT2D eigenvalue weighted by Gasteiger charge is -2.10. The minimum atomic E-state index is -0.827. The molecule has 3 rings (SSSR count). The summed E-state index contributed by atoms with van der Waals surface area (Å²) in [5.41, 5.74) is 1.96. The van der Waals surface area contributed by atoms with E-state index in [2.05, 4.69) is 5.32 Å².